The molecule has 1 unspecified atom stereocenters. The first-order chi connectivity index (χ1) is 11.4. The van der Waals surface area contributed by atoms with E-state index in [-0.39, 0.29) is 18.4 Å². The van der Waals surface area contributed by atoms with Crippen LogP contribution in [0, 0.1) is 5.41 Å². The SMILES string of the molecule is OCC1(CCOc2ccccc2)CCCN(CCCC(F)(F)F)C1. The lowest BCUT2D eigenvalue weighted by Gasteiger charge is -2.42. The number of alkyl halides is 3. The molecular weight excluding hydrogens is 319 g/mol. The van der Waals surface area contributed by atoms with E-state index in [9.17, 15) is 18.3 Å². The molecule has 0 spiro atoms. The van der Waals surface area contributed by atoms with E-state index in [1.54, 1.807) is 0 Å². The molecule has 0 radical (unpaired) electrons. The number of likely N-dealkylation sites (tertiary alicyclic amines) is 1. The summed E-state index contributed by atoms with van der Waals surface area (Å²) >= 11 is 0. The number of benzene rings is 1. The summed E-state index contributed by atoms with van der Waals surface area (Å²) in [5.74, 6) is 0.795. The van der Waals surface area contributed by atoms with Gasteiger partial charge in [-0.05, 0) is 50.9 Å². The second-order valence-electron chi connectivity index (χ2n) is 6.67. The molecule has 6 heteroatoms. The van der Waals surface area contributed by atoms with Crippen molar-refractivity contribution in [1.29, 1.82) is 0 Å². The van der Waals surface area contributed by atoms with Gasteiger partial charge < -0.3 is 14.7 Å². The Kier molecular flexibility index (Phi) is 6.92. The van der Waals surface area contributed by atoms with E-state index in [2.05, 4.69) is 0 Å². The molecule has 1 fully saturated rings. The van der Waals surface area contributed by atoms with Gasteiger partial charge in [0.05, 0.1) is 13.2 Å². The Balaban J connectivity index is 1.79. The van der Waals surface area contributed by atoms with Gasteiger partial charge in [-0.3, -0.25) is 0 Å². The zero-order valence-electron chi connectivity index (χ0n) is 13.9. The van der Waals surface area contributed by atoms with E-state index in [4.69, 9.17) is 4.74 Å². The molecule has 136 valence electrons. The summed E-state index contributed by atoms with van der Waals surface area (Å²) < 4.78 is 42.6. The third-order valence-electron chi connectivity index (χ3n) is 4.65. The lowest BCUT2D eigenvalue weighted by atomic mass is 9.78. The second-order valence-corrected chi connectivity index (χ2v) is 6.67. The Morgan fingerprint density at radius 3 is 2.62 bits per heavy atom. The highest BCUT2D eigenvalue weighted by Crippen LogP contribution is 2.33. The highest BCUT2D eigenvalue weighted by Gasteiger charge is 2.35. The minimum absolute atomic E-state index is 0.0426. The van der Waals surface area contributed by atoms with Crippen LogP contribution in [0.3, 0.4) is 0 Å². The number of halogens is 3. The van der Waals surface area contributed by atoms with E-state index < -0.39 is 12.6 Å². The van der Waals surface area contributed by atoms with Crippen molar-refractivity contribution in [3.05, 3.63) is 30.3 Å². The van der Waals surface area contributed by atoms with Crippen LogP contribution in [-0.4, -0.2) is 49.0 Å². The van der Waals surface area contributed by atoms with Gasteiger partial charge in [0.25, 0.3) is 0 Å². The minimum atomic E-state index is -4.09. The topological polar surface area (TPSA) is 32.7 Å². The lowest BCUT2D eigenvalue weighted by Crippen LogP contribution is -2.46. The maximum Gasteiger partial charge on any atom is 0.389 e. The number of para-hydroxylation sites is 1. The zero-order valence-corrected chi connectivity index (χ0v) is 13.9. The minimum Gasteiger partial charge on any atom is -0.494 e. The summed E-state index contributed by atoms with van der Waals surface area (Å²) in [6.45, 7) is 2.42. The maximum absolute atomic E-state index is 12.3. The van der Waals surface area contributed by atoms with Crippen LogP contribution in [0.4, 0.5) is 13.2 Å². The summed E-state index contributed by atoms with van der Waals surface area (Å²) in [6, 6.07) is 9.49. The van der Waals surface area contributed by atoms with Crippen LogP contribution in [-0.2, 0) is 0 Å². The zero-order chi connectivity index (χ0) is 17.5. The van der Waals surface area contributed by atoms with Crippen LogP contribution < -0.4 is 4.74 Å². The summed E-state index contributed by atoms with van der Waals surface area (Å²) in [7, 11) is 0. The number of aliphatic hydroxyl groups excluding tert-OH is 1. The molecule has 24 heavy (non-hydrogen) atoms. The number of rotatable bonds is 8. The van der Waals surface area contributed by atoms with Crippen LogP contribution in [0.15, 0.2) is 30.3 Å². The Morgan fingerprint density at radius 1 is 1.21 bits per heavy atom. The number of piperidine rings is 1. The van der Waals surface area contributed by atoms with Gasteiger partial charge in [0.2, 0.25) is 0 Å². The molecule has 0 aliphatic carbocycles. The number of nitrogens with zero attached hydrogens (tertiary/aromatic N) is 1. The number of hydrogen-bond acceptors (Lipinski definition) is 3. The summed E-state index contributed by atoms with van der Waals surface area (Å²) in [5.41, 5.74) is -0.273. The van der Waals surface area contributed by atoms with Crippen molar-refractivity contribution in [2.75, 3.05) is 32.8 Å². The molecule has 0 aromatic heterocycles. The fourth-order valence-corrected chi connectivity index (χ4v) is 3.32. The van der Waals surface area contributed by atoms with Crippen molar-refractivity contribution in [1.82, 2.24) is 4.90 Å². The number of aliphatic hydroxyl groups is 1. The fraction of sp³-hybridized carbons (Fsp3) is 0.667. The third-order valence-corrected chi connectivity index (χ3v) is 4.65. The molecule has 1 atom stereocenters. The third kappa shape index (κ3) is 6.32. The Bertz CT molecular complexity index is 481. The molecule has 1 aromatic rings. The van der Waals surface area contributed by atoms with Crippen molar-refractivity contribution < 1.29 is 23.0 Å². The molecule has 1 aromatic carbocycles. The number of hydrogen-bond donors (Lipinski definition) is 1. The normalized spacial score (nSPS) is 22.5. The molecular formula is C18H26F3NO2. The van der Waals surface area contributed by atoms with Crippen LogP contribution >= 0.6 is 0 Å². The highest BCUT2D eigenvalue weighted by molar-refractivity contribution is 5.20. The Hall–Kier alpha value is -1.27. The van der Waals surface area contributed by atoms with E-state index in [1.807, 2.05) is 35.2 Å². The largest absolute Gasteiger partial charge is 0.494 e. The predicted octanol–water partition coefficient (Wildman–Crippen LogP) is 3.87. The lowest BCUT2D eigenvalue weighted by molar-refractivity contribution is -0.136. The van der Waals surface area contributed by atoms with Crippen LogP contribution in [0.25, 0.3) is 0 Å². The molecule has 2 rings (SSSR count). The maximum atomic E-state index is 12.3. The van der Waals surface area contributed by atoms with Crippen molar-refractivity contribution >= 4 is 0 Å². The fourth-order valence-electron chi connectivity index (χ4n) is 3.32. The van der Waals surface area contributed by atoms with Crippen LogP contribution in [0.2, 0.25) is 0 Å². The van der Waals surface area contributed by atoms with Crippen molar-refractivity contribution in [2.45, 2.75) is 38.3 Å². The van der Waals surface area contributed by atoms with E-state index >= 15 is 0 Å². The van der Waals surface area contributed by atoms with E-state index in [0.29, 0.717) is 26.1 Å². The van der Waals surface area contributed by atoms with Gasteiger partial charge in [-0.1, -0.05) is 18.2 Å². The molecule has 1 heterocycles. The van der Waals surface area contributed by atoms with Crippen molar-refractivity contribution in [2.24, 2.45) is 5.41 Å². The molecule has 1 N–H and O–H groups in total. The van der Waals surface area contributed by atoms with Gasteiger partial charge in [-0.25, -0.2) is 0 Å². The summed E-state index contributed by atoms with van der Waals surface area (Å²) in [5, 5.41) is 9.85. The van der Waals surface area contributed by atoms with Crippen molar-refractivity contribution in [3.8, 4) is 5.75 Å². The molecule has 0 saturated carbocycles. The van der Waals surface area contributed by atoms with E-state index in [0.717, 1.165) is 25.1 Å². The van der Waals surface area contributed by atoms with Gasteiger partial charge in [0.1, 0.15) is 5.75 Å². The molecule has 1 saturated heterocycles. The molecule has 1 aliphatic heterocycles. The number of ether oxygens (including phenoxy) is 1. The highest BCUT2D eigenvalue weighted by atomic mass is 19.4. The average molecular weight is 345 g/mol. The molecule has 0 bridgehead atoms. The van der Waals surface area contributed by atoms with Crippen LogP contribution in [0.5, 0.6) is 5.75 Å². The predicted molar refractivity (Wildman–Crippen MR) is 87.0 cm³/mol. The van der Waals surface area contributed by atoms with E-state index in [1.165, 1.54) is 0 Å². The second kappa shape index (κ2) is 8.72. The monoisotopic (exact) mass is 345 g/mol. The quantitative estimate of drug-likeness (QED) is 0.776. The first kappa shape index (κ1) is 19.1. The Labute approximate surface area is 141 Å². The first-order valence-electron chi connectivity index (χ1n) is 8.50. The first-order valence-corrected chi connectivity index (χ1v) is 8.50. The summed E-state index contributed by atoms with van der Waals surface area (Å²) in [6.07, 6.45) is -2.23. The molecule has 0 amide bonds. The Morgan fingerprint density at radius 2 is 1.96 bits per heavy atom. The van der Waals surface area contributed by atoms with Crippen LogP contribution in [0.1, 0.15) is 32.1 Å². The summed E-state index contributed by atoms with van der Waals surface area (Å²) in [4.78, 5) is 2.05. The van der Waals surface area contributed by atoms with Gasteiger partial charge >= 0.3 is 6.18 Å². The van der Waals surface area contributed by atoms with Crippen molar-refractivity contribution in [3.63, 3.8) is 0 Å². The smallest absolute Gasteiger partial charge is 0.389 e. The average Bonchev–Trinajstić information content (AvgIpc) is 2.55. The molecule has 1 aliphatic rings. The van der Waals surface area contributed by atoms with Gasteiger partial charge in [0.15, 0.2) is 0 Å². The van der Waals surface area contributed by atoms with Gasteiger partial charge in [0, 0.05) is 18.4 Å². The van der Waals surface area contributed by atoms with Gasteiger partial charge in [-0.2, -0.15) is 13.2 Å². The van der Waals surface area contributed by atoms with Gasteiger partial charge in [-0.15, -0.1) is 0 Å². The standard InChI is InChI=1S/C18H26F3NO2/c19-18(20,21)9-5-12-22-11-4-8-17(14-22,15-23)10-13-24-16-6-2-1-3-7-16/h1-3,6-7,23H,4-5,8-15H2. The molecule has 3 nitrogen and oxygen atoms in total.